The van der Waals surface area contributed by atoms with Crippen LogP contribution in [0, 0.1) is 0 Å². The molecule has 1 aliphatic rings. The maximum Gasteiger partial charge on any atom is 0.344 e. The Kier molecular flexibility index (Phi) is 6.12. The van der Waals surface area contributed by atoms with Crippen LogP contribution in [0.2, 0.25) is 0 Å². The molecule has 1 N–H and O–H groups in total. The van der Waals surface area contributed by atoms with Crippen LogP contribution in [-0.2, 0) is 26.2 Å². The lowest BCUT2D eigenvalue weighted by Crippen LogP contribution is -2.35. The Hall–Kier alpha value is -2.82. The van der Waals surface area contributed by atoms with Crippen LogP contribution in [0.15, 0.2) is 54.6 Å². The summed E-state index contributed by atoms with van der Waals surface area (Å²) in [5, 5.41) is 2.87. The van der Waals surface area contributed by atoms with Crippen LogP contribution in [0.1, 0.15) is 30.9 Å². The quantitative estimate of drug-likeness (QED) is 0.692. The van der Waals surface area contributed by atoms with Gasteiger partial charge >= 0.3 is 5.97 Å². The molecular weight excluding hydrogens is 342 g/mol. The van der Waals surface area contributed by atoms with E-state index >= 15 is 0 Å². The lowest BCUT2D eigenvalue weighted by atomic mass is 9.96. The smallest absolute Gasteiger partial charge is 0.344 e. The highest BCUT2D eigenvalue weighted by atomic mass is 16.6. The Labute approximate surface area is 159 Å². The predicted molar refractivity (Wildman–Crippen MR) is 103 cm³/mol. The summed E-state index contributed by atoms with van der Waals surface area (Å²) in [4.78, 5) is 23.7. The molecule has 0 atom stereocenters. The van der Waals surface area contributed by atoms with Crippen LogP contribution >= 0.6 is 0 Å². The van der Waals surface area contributed by atoms with Gasteiger partial charge in [-0.25, -0.2) is 4.79 Å². The zero-order valence-corrected chi connectivity index (χ0v) is 15.6. The number of benzene rings is 2. The molecule has 1 fully saturated rings. The molecule has 5 nitrogen and oxygen atoms in total. The fourth-order valence-electron chi connectivity index (χ4n) is 2.98. The Balaban J connectivity index is 1.35. The SMILES string of the molecule is CCc1ccc(OCC(=O)OCC(=O)NCC2(c3ccccc3)CC2)cc1. The predicted octanol–water partition coefficient (Wildman–Crippen LogP) is 3.02. The lowest BCUT2D eigenvalue weighted by molar-refractivity contribution is -0.150. The van der Waals surface area contributed by atoms with Crippen LogP contribution in [0.5, 0.6) is 5.75 Å². The molecule has 0 heterocycles. The Morgan fingerprint density at radius 2 is 1.70 bits per heavy atom. The van der Waals surface area contributed by atoms with E-state index in [1.807, 2.05) is 42.5 Å². The summed E-state index contributed by atoms with van der Waals surface area (Å²) in [5.74, 6) is -0.251. The van der Waals surface area contributed by atoms with Crippen LogP contribution in [0.4, 0.5) is 0 Å². The zero-order valence-electron chi connectivity index (χ0n) is 15.6. The van der Waals surface area contributed by atoms with Gasteiger partial charge in [-0.15, -0.1) is 0 Å². The van der Waals surface area contributed by atoms with Gasteiger partial charge in [0.25, 0.3) is 5.91 Å². The minimum atomic E-state index is -0.561. The van der Waals surface area contributed by atoms with Gasteiger partial charge in [0.2, 0.25) is 0 Å². The molecule has 0 aromatic heterocycles. The van der Waals surface area contributed by atoms with Crippen molar-refractivity contribution in [1.29, 1.82) is 0 Å². The minimum absolute atomic E-state index is 0.0364. The van der Waals surface area contributed by atoms with Crippen molar-refractivity contribution in [2.45, 2.75) is 31.6 Å². The van der Waals surface area contributed by atoms with Gasteiger partial charge in [-0.05, 0) is 42.5 Å². The molecule has 27 heavy (non-hydrogen) atoms. The first kappa shape index (κ1) is 19.0. The summed E-state index contributed by atoms with van der Waals surface area (Å²) < 4.78 is 10.4. The summed E-state index contributed by atoms with van der Waals surface area (Å²) in [6.07, 6.45) is 3.06. The van der Waals surface area contributed by atoms with Crippen molar-refractivity contribution in [3.05, 3.63) is 65.7 Å². The van der Waals surface area contributed by atoms with Crippen LogP contribution in [-0.4, -0.2) is 31.6 Å². The molecule has 0 unspecified atom stereocenters. The van der Waals surface area contributed by atoms with E-state index in [4.69, 9.17) is 9.47 Å². The van der Waals surface area contributed by atoms with Crippen molar-refractivity contribution in [3.8, 4) is 5.75 Å². The second-order valence-electron chi connectivity index (χ2n) is 6.87. The van der Waals surface area contributed by atoms with Crippen molar-refractivity contribution in [2.24, 2.45) is 0 Å². The lowest BCUT2D eigenvalue weighted by Gasteiger charge is -2.16. The van der Waals surface area contributed by atoms with Gasteiger partial charge in [0, 0.05) is 12.0 Å². The molecule has 0 radical (unpaired) electrons. The normalized spacial score (nSPS) is 14.3. The van der Waals surface area contributed by atoms with Gasteiger partial charge in [-0.2, -0.15) is 0 Å². The molecule has 0 bridgehead atoms. The molecule has 1 saturated carbocycles. The maximum atomic E-state index is 12.0. The highest BCUT2D eigenvalue weighted by Gasteiger charge is 2.44. The van der Waals surface area contributed by atoms with Crippen molar-refractivity contribution in [2.75, 3.05) is 19.8 Å². The topological polar surface area (TPSA) is 64.6 Å². The first-order valence-corrected chi connectivity index (χ1v) is 9.31. The number of aryl methyl sites for hydroxylation is 1. The largest absolute Gasteiger partial charge is 0.482 e. The van der Waals surface area contributed by atoms with Crippen LogP contribution in [0.25, 0.3) is 0 Å². The maximum absolute atomic E-state index is 12.0. The summed E-state index contributed by atoms with van der Waals surface area (Å²) >= 11 is 0. The van der Waals surface area contributed by atoms with Crippen molar-refractivity contribution >= 4 is 11.9 Å². The highest BCUT2D eigenvalue weighted by Crippen LogP contribution is 2.47. The second kappa shape index (κ2) is 8.71. The fourth-order valence-corrected chi connectivity index (χ4v) is 2.98. The third-order valence-electron chi connectivity index (χ3n) is 4.92. The third kappa shape index (κ3) is 5.33. The van der Waals surface area contributed by atoms with Crippen molar-refractivity contribution < 1.29 is 19.1 Å². The van der Waals surface area contributed by atoms with Gasteiger partial charge in [-0.1, -0.05) is 49.4 Å². The molecule has 1 aliphatic carbocycles. The van der Waals surface area contributed by atoms with Crippen molar-refractivity contribution in [1.82, 2.24) is 5.32 Å². The number of rotatable bonds is 9. The monoisotopic (exact) mass is 367 g/mol. The van der Waals surface area contributed by atoms with E-state index < -0.39 is 5.97 Å². The van der Waals surface area contributed by atoms with E-state index in [9.17, 15) is 9.59 Å². The average molecular weight is 367 g/mol. The number of carbonyl (C=O) groups excluding carboxylic acids is 2. The standard InChI is InChI=1S/C22H25NO4/c1-2-17-8-10-19(11-9-17)26-15-21(25)27-14-20(24)23-16-22(12-13-22)18-6-4-3-5-7-18/h3-11H,2,12-16H2,1H3,(H,23,24). The first-order valence-electron chi connectivity index (χ1n) is 9.31. The van der Waals surface area contributed by atoms with E-state index in [1.165, 1.54) is 11.1 Å². The Morgan fingerprint density at radius 1 is 1.00 bits per heavy atom. The molecule has 2 aromatic carbocycles. The number of hydrogen-bond donors (Lipinski definition) is 1. The number of carbonyl (C=O) groups is 2. The summed E-state index contributed by atoms with van der Waals surface area (Å²) in [6.45, 7) is 2.13. The Bertz CT molecular complexity index is 767. The molecule has 0 saturated heterocycles. The fraction of sp³-hybridized carbons (Fsp3) is 0.364. The molecule has 1 amide bonds. The van der Waals surface area contributed by atoms with Crippen LogP contribution in [0.3, 0.4) is 0 Å². The molecular formula is C22H25NO4. The molecule has 2 aromatic rings. The molecule has 3 rings (SSSR count). The highest BCUT2D eigenvalue weighted by molar-refractivity contribution is 5.81. The molecule has 142 valence electrons. The van der Waals surface area contributed by atoms with Gasteiger partial charge < -0.3 is 14.8 Å². The van der Waals surface area contributed by atoms with Gasteiger partial charge in [0.1, 0.15) is 5.75 Å². The van der Waals surface area contributed by atoms with E-state index in [0.29, 0.717) is 12.3 Å². The van der Waals surface area contributed by atoms with Gasteiger partial charge in [0.15, 0.2) is 13.2 Å². The van der Waals surface area contributed by atoms with Gasteiger partial charge in [0.05, 0.1) is 0 Å². The zero-order chi connectivity index (χ0) is 19.1. The number of esters is 1. The molecule has 0 spiro atoms. The third-order valence-corrected chi connectivity index (χ3v) is 4.92. The summed E-state index contributed by atoms with van der Waals surface area (Å²) in [7, 11) is 0. The van der Waals surface area contributed by atoms with E-state index in [2.05, 4.69) is 24.4 Å². The van der Waals surface area contributed by atoms with E-state index in [-0.39, 0.29) is 24.5 Å². The second-order valence-corrected chi connectivity index (χ2v) is 6.87. The first-order chi connectivity index (χ1) is 13.1. The van der Waals surface area contributed by atoms with Crippen LogP contribution < -0.4 is 10.1 Å². The Morgan fingerprint density at radius 3 is 2.33 bits per heavy atom. The minimum Gasteiger partial charge on any atom is -0.482 e. The molecule has 0 aliphatic heterocycles. The van der Waals surface area contributed by atoms with Crippen molar-refractivity contribution in [3.63, 3.8) is 0 Å². The molecule has 5 heteroatoms. The van der Waals surface area contributed by atoms with E-state index in [0.717, 1.165) is 19.3 Å². The number of amides is 1. The number of nitrogens with one attached hydrogen (secondary N) is 1. The average Bonchev–Trinajstić information content (AvgIpc) is 3.51. The number of ether oxygens (including phenoxy) is 2. The van der Waals surface area contributed by atoms with E-state index in [1.54, 1.807) is 0 Å². The number of hydrogen-bond acceptors (Lipinski definition) is 4. The summed E-state index contributed by atoms with van der Waals surface area (Å²) in [5.41, 5.74) is 2.48. The van der Waals surface area contributed by atoms with Gasteiger partial charge in [-0.3, -0.25) is 4.79 Å². The summed E-state index contributed by atoms with van der Waals surface area (Å²) in [6, 6.07) is 17.7.